The maximum absolute atomic E-state index is 11.9. The lowest BCUT2D eigenvalue weighted by Gasteiger charge is -2.31. The van der Waals surface area contributed by atoms with Crippen molar-refractivity contribution >= 4 is 5.91 Å². The average Bonchev–Trinajstić information content (AvgIpc) is 2.95. The van der Waals surface area contributed by atoms with Gasteiger partial charge < -0.3 is 10.1 Å². The molecule has 1 aromatic heterocycles. The van der Waals surface area contributed by atoms with E-state index in [9.17, 15) is 4.79 Å². The zero-order chi connectivity index (χ0) is 14.5. The minimum Gasteiger partial charge on any atom is -0.374 e. The summed E-state index contributed by atoms with van der Waals surface area (Å²) in [5.41, 5.74) is 0. The van der Waals surface area contributed by atoms with Crippen LogP contribution in [0, 0.1) is 0 Å². The van der Waals surface area contributed by atoms with Gasteiger partial charge in [0.1, 0.15) is 5.82 Å². The van der Waals surface area contributed by atoms with Crippen LogP contribution >= 0.6 is 0 Å². The van der Waals surface area contributed by atoms with Gasteiger partial charge in [-0.05, 0) is 6.54 Å². The predicted molar refractivity (Wildman–Crippen MR) is 74.7 cm³/mol. The number of rotatable bonds is 5. The molecule has 20 heavy (non-hydrogen) atoms. The monoisotopic (exact) mass is 281 g/mol. The fourth-order valence-corrected chi connectivity index (χ4v) is 2.11. The summed E-state index contributed by atoms with van der Waals surface area (Å²) in [6.45, 7) is 10.1. The molecule has 0 bridgehead atoms. The van der Waals surface area contributed by atoms with Gasteiger partial charge in [0.2, 0.25) is 5.82 Å². The Morgan fingerprint density at radius 3 is 3.05 bits per heavy atom. The minimum atomic E-state index is -0.259. The first kappa shape index (κ1) is 14.9. The number of nitrogens with zero attached hydrogens (tertiary/aromatic N) is 3. The number of hydrogen-bond donors (Lipinski definition) is 2. The van der Waals surface area contributed by atoms with Crippen molar-refractivity contribution in [2.45, 2.75) is 32.8 Å². The van der Waals surface area contributed by atoms with E-state index in [1.807, 2.05) is 13.8 Å². The molecule has 1 aliphatic rings. The molecule has 1 aromatic rings. The van der Waals surface area contributed by atoms with Crippen molar-refractivity contribution in [2.24, 2.45) is 0 Å². The third kappa shape index (κ3) is 3.77. The van der Waals surface area contributed by atoms with Crippen LogP contribution in [-0.2, 0) is 4.74 Å². The number of H-pyrrole nitrogens is 1. The van der Waals surface area contributed by atoms with Crippen LogP contribution in [0.4, 0.5) is 0 Å². The number of carbonyl (C=O) groups excluding carboxylic acids is 1. The number of ether oxygens (including phenoxy) is 1. The predicted octanol–water partition coefficient (Wildman–Crippen LogP) is 0.379. The lowest BCUT2D eigenvalue weighted by atomic mass is 10.2. The highest BCUT2D eigenvalue weighted by Crippen LogP contribution is 2.08. The topological polar surface area (TPSA) is 83.1 Å². The number of hydrogen-bond acceptors (Lipinski definition) is 5. The lowest BCUT2D eigenvalue weighted by Crippen LogP contribution is -2.47. The molecule has 0 aliphatic carbocycles. The normalized spacial score (nSPS) is 20.3. The van der Waals surface area contributed by atoms with Gasteiger partial charge in [0.15, 0.2) is 0 Å². The van der Waals surface area contributed by atoms with E-state index < -0.39 is 0 Å². The van der Waals surface area contributed by atoms with E-state index in [1.54, 1.807) is 0 Å². The first-order valence-corrected chi connectivity index (χ1v) is 7.14. The summed E-state index contributed by atoms with van der Waals surface area (Å²) in [5.74, 6) is 0.882. The molecule has 0 aromatic carbocycles. The Morgan fingerprint density at radius 2 is 2.40 bits per heavy atom. The molecule has 2 rings (SSSR count). The molecule has 0 radical (unpaired) electrons. The standard InChI is InChI=1S/C13H23N5O2/c1-4-18-5-6-20-10(8-18)7-14-13(19)12-15-11(9(2)3)16-17-12/h9-10H,4-8H2,1-3H3,(H,14,19)(H,15,16,17). The lowest BCUT2D eigenvalue weighted by molar-refractivity contribution is -0.0246. The van der Waals surface area contributed by atoms with Crippen LogP contribution in [0.25, 0.3) is 0 Å². The molecule has 7 nitrogen and oxygen atoms in total. The number of likely N-dealkylation sites (N-methyl/N-ethyl adjacent to an activating group) is 1. The van der Waals surface area contributed by atoms with Crippen LogP contribution in [0.1, 0.15) is 43.1 Å². The molecule has 112 valence electrons. The molecule has 1 atom stereocenters. The Labute approximate surface area is 119 Å². The second-order valence-corrected chi connectivity index (χ2v) is 5.30. The van der Waals surface area contributed by atoms with Crippen LogP contribution in [0.2, 0.25) is 0 Å². The molecule has 2 heterocycles. The minimum absolute atomic E-state index is 0.0381. The van der Waals surface area contributed by atoms with E-state index in [1.165, 1.54) is 0 Å². The maximum atomic E-state index is 11.9. The number of aromatic amines is 1. The zero-order valence-electron chi connectivity index (χ0n) is 12.3. The van der Waals surface area contributed by atoms with Gasteiger partial charge in [-0.25, -0.2) is 4.98 Å². The van der Waals surface area contributed by atoms with Gasteiger partial charge in [0, 0.05) is 25.6 Å². The van der Waals surface area contributed by atoms with Gasteiger partial charge in [0.25, 0.3) is 5.91 Å². The van der Waals surface area contributed by atoms with Crippen LogP contribution in [-0.4, -0.2) is 64.9 Å². The second kappa shape index (κ2) is 6.81. The molecule has 1 fully saturated rings. The molecule has 0 spiro atoms. The quantitative estimate of drug-likeness (QED) is 0.815. The fraction of sp³-hybridized carbons (Fsp3) is 0.769. The van der Waals surface area contributed by atoms with Crippen LogP contribution in [0.15, 0.2) is 0 Å². The Morgan fingerprint density at radius 1 is 1.60 bits per heavy atom. The maximum Gasteiger partial charge on any atom is 0.291 e. The number of carbonyl (C=O) groups is 1. The number of amides is 1. The molecular formula is C13H23N5O2. The molecule has 2 N–H and O–H groups in total. The smallest absolute Gasteiger partial charge is 0.291 e. The van der Waals surface area contributed by atoms with Crippen molar-refractivity contribution in [1.29, 1.82) is 0 Å². The summed E-state index contributed by atoms with van der Waals surface area (Å²) < 4.78 is 5.63. The van der Waals surface area contributed by atoms with Crippen molar-refractivity contribution in [1.82, 2.24) is 25.4 Å². The van der Waals surface area contributed by atoms with Crippen molar-refractivity contribution < 1.29 is 9.53 Å². The van der Waals surface area contributed by atoms with Gasteiger partial charge in [-0.2, -0.15) is 0 Å². The van der Waals surface area contributed by atoms with E-state index in [4.69, 9.17) is 4.74 Å². The van der Waals surface area contributed by atoms with E-state index >= 15 is 0 Å². The highest BCUT2D eigenvalue weighted by Gasteiger charge is 2.21. The number of morpholine rings is 1. The van der Waals surface area contributed by atoms with Crippen molar-refractivity contribution in [3.05, 3.63) is 11.6 Å². The fourth-order valence-electron chi connectivity index (χ4n) is 2.11. The SMILES string of the molecule is CCN1CCOC(CNC(=O)c2n[nH]c(C(C)C)n2)C1. The summed E-state index contributed by atoms with van der Waals surface area (Å²) in [7, 11) is 0. The third-order valence-corrected chi connectivity index (χ3v) is 3.41. The molecule has 1 unspecified atom stereocenters. The summed E-state index contributed by atoms with van der Waals surface area (Å²) >= 11 is 0. The van der Waals surface area contributed by atoms with Crippen molar-refractivity contribution in [2.75, 3.05) is 32.8 Å². The van der Waals surface area contributed by atoms with Crippen LogP contribution < -0.4 is 5.32 Å². The average molecular weight is 281 g/mol. The van der Waals surface area contributed by atoms with E-state index in [0.717, 1.165) is 25.5 Å². The van der Waals surface area contributed by atoms with Gasteiger partial charge in [-0.15, -0.1) is 5.10 Å². The van der Waals surface area contributed by atoms with Gasteiger partial charge in [-0.1, -0.05) is 20.8 Å². The van der Waals surface area contributed by atoms with Gasteiger partial charge in [0.05, 0.1) is 12.7 Å². The third-order valence-electron chi connectivity index (χ3n) is 3.41. The Bertz CT molecular complexity index is 446. The summed E-state index contributed by atoms with van der Waals surface area (Å²) in [6, 6.07) is 0. The summed E-state index contributed by atoms with van der Waals surface area (Å²) in [5, 5.41) is 9.54. The van der Waals surface area contributed by atoms with E-state index in [0.29, 0.717) is 13.2 Å². The Hall–Kier alpha value is -1.47. The van der Waals surface area contributed by atoms with Gasteiger partial charge in [-0.3, -0.25) is 14.8 Å². The van der Waals surface area contributed by atoms with Crippen molar-refractivity contribution in [3.63, 3.8) is 0 Å². The zero-order valence-corrected chi connectivity index (χ0v) is 12.3. The Kier molecular flexibility index (Phi) is 5.08. The van der Waals surface area contributed by atoms with Crippen LogP contribution in [0.5, 0.6) is 0 Å². The highest BCUT2D eigenvalue weighted by molar-refractivity contribution is 5.90. The highest BCUT2D eigenvalue weighted by atomic mass is 16.5. The second-order valence-electron chi connectivity index (χ2n) is 5.30. The largest absolute Gasteiger partial charge is 0.374 e. The molecule has 1 saturated heterocycles. The summed E-state index contributed by atoms with van der Waals surface area (Å²) in [4.78, 5) is 18.4. The number of nitrogens with one attached hydrogen (secondary N) is 2. The molecule has 1 aliphatic heterocycles. The first-order chi connectivity index (χ1) is 9.60. The Balaban J connectivity index is 1.82. The van der Waals surface area contributed by atoms with Crippen LogP contribution in [0.3, 0.4) is 0 Å². The molecule has 0 saturated carbocycles. The van der Waals surface area contributed by atoms with E-state index in [2.05, 4.69) is 32.3 Å². The molecule has 7 heteroatoms. The first-order valence-electron chi connectivity index (χ1n) is 7.14. The van der Waals surface area contributed by atoms with Gasteiger partial charge >= 0.3 is 0 Å². The molecule has 1 amide bonds. The molecular weight excluding hydrogens is 258 g/mol. The summed E-state index contributed by atoms with van der Waals surface area (Å²) in [6.07, 6.45) is 0.0381. The van der Waals surface area contributed by atoms with E-state index in [-0.39, 0.29) is 23.8 Å². The number of aromatic nitrogens is 3. The van der Waals surface area contributed by atoms with Crippen molar-refractivity contribution in [3.8, 4) is 0 Å².